The molecule has 3 nitrogen and oxygen atoms in total. The molecular weight excluding hydrogens is 300 g/mol. The van der Waals surface area contributed by atoms with E-state index >= 15 is 0 Å². The molecule has 0 saturated heterocycles. The second-order valence-electron chi connectivity index (χ2n) is 4.72. The molecule has 0 fully saturated rings. The predicted molar refractivity (Wildman–Crippen MR) is 76.1 cm³/mol. The number of halogens is 3. The van der Waals surface area contributed by atoms with E-state index in [0.717, 1.165) is 5.56 Å². The average molecular weight is 312 g/mol. The van der Waals surface area contributed by atoms with Crippen LogP contribution in [0.3, 0.4) is 0 Å². The van der Waals surface area contributed by atoms with Crippen molar-refractivity contribution in [3.63, 3.8) is 0 Å². The quantitative estimate of drug-likeness (QED) is 0.880. The van der Waals surface area contributed by atoms with Crippen LogP contribution < -0.4 is 14.8 Å². The van der Waals surface area contributed by atoms with Gasteiger partial charge in [-0.3, -0.25) is 0 Å². The molecule has 6 heteroatoms. The topological polar surface area (TPSA) is 30.5 Å². The lowest BCUT2D eigenvalue weighted by Crippen LogP contribution is -2.25. The molecule has 0 amide bonds. The van der Waals surface area contributed by atoms with E-state index in [2.05, 4.69) is 14.8 Å². The first-order valence-corrected chi connectivity index (χ1v) is 6.73. The minimum atomic E-state index is -3.60. The van der Waals surface area contributed by atoms with Gasteiger partial charge in [0.2, 0.25) is 0 Å². The van der Waals surface area contributed by atoms with E-state index in [1.807, 2.05) is 25.1 Å². The van der Waals surface area contributed by atoms with E-state index in [0.29, 0.717) is 10.7 Å². The van der Waals surface area contributed by atoms with Crippen molar-refractivity contribution in [1.29, 1.82) is 0 Å². The Balaban J connectivity index is 1.79. The van der Waals surface area contributed by atoms with Crippen LogP contribution in [0.4, 0.5) is 14.5 Å². The Labute approximate surface area is 125 Å². The summed E-state index contributed by atoms with van der Waals surface area (Å²) in [4.78, 5) is 0. The summed E-state index contributed by atoms with van der Waals surface area (Å²) in [5.41, 5.74) is 1.56. The van der Waals surface area contributed by atoms with Crippen molar-refractivity contribution in [3.8, 4) is 11.5 Å². The largest absolute Gasteiger partial charge is 0.586 e. The second kappa shape index (κ2) is 5.07. The lowest BCUT2D eigenvalue weighted by Gasteiger charge is -2.17. The highest BCUT2D eigenvalue weighted by molar-refractivity contribution is 6.31. The molecule has 0 saturated carbocycles. The van der Waals surface area contributed by atoms with Gasteiger partial charge in [0.05, 0.1) is 0 Å². The van der Waals surface area contributed by atoms with Crippen molar-refractivity contribution in [1.82, 2.24) is 0 Å². The number of alkyl halides is 2. The number of anilines is 1. The molecular formula is C15H12ClF2NO2. The lowest BCUT2D eigenvalue weighted by atomic mass is 10.1. The third-order valence-corrected chi connectivity index (χ3v) is 3.50. The van der Waals surface area contributed by atoms with Gasteiger partial charge in [-0.15, -0.1) is 8.78 Å². The fraction of sp³-hybridized carbons (Fsp3) is 0.200. The van der Waals surface area contributed by atoms with E-state index in [9.17, 15) is 8.78 Å². The fourth-order valence-electron chi connectivity index (χ4n) is 2.19. The number of ether oxygens (including phenoxy) is 2. The van der Waals surface area contributed by atoms with Crippen molar-refractivity contribution in [2.75, 3.05) is 5.32 Å². The average Bonchev–Trinajstić information content (AvgIpc) is 2.72. The third kappa shape index (κ3) is 2.88. The van der Waals surface area contributed by atoms with Crippen LogP contribution in [-0.4, -0.2) is 6.29 Å². The van der Waals surface area contributed by atoms with Crippen LogP contribution in [0.15, 0.2) is 42.5 Å². The zero-order valence-corrected chi connectivity index (χ0v) is 11.8. The van der Waals surface area contributed by atoms with Crippen molar-refractivity contribution >= 4 is 17.3 Å². The Hall–Kier alpha value is -2.01. The molecule has 2 aromatic carbocycles. The number of fused-ring (bicyclic) bond motifs is 1. The van der Waals surface area contributed by atoms with E-state index in [1.165, 1.54) is 12.1 Å². The number of hydrogen-bond donors (Lipinski definition) is 1. The van der Waals surface area contributed by atoms with Gasteiger partial charge >= 0.3 is 6.29 Å². The summed E-state index contributed by atoms with van der Waals surface area (Å²) in [6, 6.07) is 11.9. The van der Waals surface area contributed by atoms with Crippen LogP contribution in [0, 0.1) is 0 Å². The Morgan fingerprint density at radius 1 is 1.10 bits per heavy atom. The molecule has 3 rings (SSSR count). The van der Waals surface area contributed by atoms with Gasteiger partial charge in [-0.05, 0) is 30.7 Å². The van der Waals surface area contributed by atoms with Crippen LogP contribution in [0.25, 0.3) is 0 Å². The van der Waals surface area contributed by atoms with Crippen LogP contribution >= 0.6 is 11.6 Å². The molecule has 0 aliphatic carbocycles. The van der Waals surface area contributed by atoms with Crippen molar-refractivity contribution in [2.24, 2.45) is 0 Å². The Kier molecular flexibility index (Phi) is 3.37. The maximum atomic E-state index is 13.0. The monoisotopic (exact) mass is 311 g/mol. The highest BCUT2D eigenvalue weighted by atomic mass is 35.5. The number of rotatable bonds is 3. The summed E-state index contributed by atoms with van der Waals surface area (Å²) >= 11 is 6.13. The van der Waals surface area contributed by atoms with Gasteiger partial charge in [0.15, 0.2) is 11.5 Å². The molecule has 2 aromatic rings. The molecule has 1 heterocycles. The highest BCUT2D eigenvalue weighted by Gasteiger charge is 2.43. The van der Waals surface area contributed by atoms with Gasteiger partial charge in [-0.25, -0.2) is 0 Å². The SMILES string of the molecule is CC(Nc1ccc2c(c1)OC(F)(F)O2)c1ccccc1Cl. The summed E-state index contributed by atoms with van der Waals surface area (Å²) in [5.74, 6) is 0.0345. The summed E-state index contributed by atoms with van der Waals surface area (Å²) in [5, 5.41) is 3.83. The van der Waals surface area contributed by atoms with Gasteiger partial charge < -0.3 is 14.8 Å². The molecule has 1 atom stereocenters. The van der Waals surface area contributed by atoms with E-state index in [1.54, 1.807) is 12.1 Å². The lowest BCUT2D eigenvalue weighted by molar-refractivity contribution is -0.286. The summed E-state index contributed by atoms with van der Waals surface area (Å²) in [6.07, 6.45) is -3.60. The summed E-state index contributed by atoms with van der Waals surface area (Å²) in [7, 11) is 0. The second-order valence-corrected chi connectivity index (χ2v) is 5.12. The molecule has 0 bridgehead atoms. The van der Waals surface area contributed by atoms with E-state index in [-0.39, 0.29) is 17.5 Å². The van der Waals surface area contributed by atoms with Crippen molar-refractivity contribution in [2.45, 2.75) is 19.3 Å². The summed E-state index contributed by atoms with van der Waals surface area (Å²) < 4.78 is 34.7. The molecule has 0 radical (unpaired) electrons. The summed E-state index contributed by atoms with van der Waals surface area (Å²) in [6.45, 7) is 1.93. The van der Waals surface area contributed by atoms with Crippen LogP contribution in [0.1, 0.15) is 18.5 Å². The van der Waals surface area contributed by atoms with Crippen LogP contribution in [-0.2, 0) is 0 Å². The fourth-order valence-corrected chi connectivity index (χ4v) is 2.49. The van der Waals surface area contributed by atoms with Crippen molar-refractivity contribution < 1.29 is 18.3 Å². The molecule has 1 aliphatic rings. The number of nitrogens with one attached hydrogen (secondary N) is 1. The maximum Gasteiger partial charge on any atom is 0.586 e. The van der Waals surface area contributed by atoms with Gasteiger partial charge in [-0.1, -0.05) is 29.8 Å². The van der Waals surface area contributed by atoms with Gasteiger partial charge in [0.1, 0.15) is 0 Å². The molecule has 0 spiro atoms. The molecule has 1 aliphatic heterocycles. The first-order valence-electron chi connectivity index (χ1n) is 6.35. The molecule has 21 heavy (non-hydrogen) atoms. The van der Waals surface area contributed by atoms with Crippen LogP contribution in [0.2, 0.25) is 5.02 Å². The van der Waals surface area contributed by atoms with E-state index in [4.69, 9.17) is 11.6 Å². The number of hydrogen-bond acceptors (Lipinski definition) is 3. The zero-order chi connectivity index (χ0) is 15.0. The zero-order valence-electron chi connectivity index (χ0n) is 11.1. The molecule has 110 valence electrons. The predicted octanol–water partition coefficient (Wildman–Crippen LogP) is 4.83. The van der Waals surface area contributed by atoms with E-state index < -0.39 is 6.29 Å². The van der Waals surface area contributed by atoms with Gasteiger partial charge in [-0.2, -0.15) is 0 Å². The normalized spacial score (nSPS) is 16.6. The first-order chi connectivity index (χ1) is 9.94. The minimum absolute atomic E-state index is 0.0105. The number of benzene rings is 2. The molecule has 1 N–H and O–H groups in total. The van der Waals surface area contributed by atoms with Crippen LogP contribution in [0.5, 0.6) is 11.5 Å². The smallest absolute Gasteiger partial charge is 0.395 e. The Morgan fingerprint density at radius 3 is 2.57 bits per heavy atom. The highest BCUT2D eigenvalue weighted by Crippen LogP contribution is 2.42. The third-order valence-electron chi connectivity index (χ3n) is 3.16. The first kappa shape index (κ1) is 13.9. The molecule has 1 unspecified atom stereocenters. The molecule has 0 aromatic heterocycles. The maximum absolute atomic E-state index is 13.0. The Morgan fingerprint density at radius 2 is 1.81 bits per heavy atom. The van der Waals surface area contributed by atoms with Gasteiger partial charge in [0, 0.05) is 22.8 Å². The minimum Gasteiger partial charge on any atom is -0.395 e. The van der Waals surface area contributed by atoms with Crippen molar-refractivity contribution in [3.05, 3.63) is 53.1 Å². The Bertz CT molecular complexity index is 678. The van der Waals surface area contributed by atoms with Gasteiger partial charge in [0.25, 0.3) is 0 Å². The standard InChI is InChI=1S/C15H12ClF2NO2/c1-9(11-4-2-3-5-12(11)16)19-10-6-7-13-14(8-10)21-15(17,18)20-13/h2-9,19H,1H3.